The van der Waals surface area contributed by atoms with Crippen molar-refractivity contribution in [3.63, 3.8) is 0 Å². The van der Waals surface area contributed by atoms with Crippen LogP contribution in [-0.4, -0.2) is 11.0 Å². The average molecular weight is 323 g/mol. The van der Waals surface area contributed by atoms with Gasteiger partial charge in [-0.15, -0.1) is 11.3 Å². The van der Waals surface area contributed by atoms with Crippen molar-refractivity contribution in [2.24, 2.45) is 0 Å². The summed E-state index contributed by atoms with van der Waals surface area (Å²) in [6.45, 7) is 0.908. The highest BCUT2D eigenvalue weighted by molar-refractivity contribution is 9.10. The largest absolute Gasteiger partial charge is 0.308 e. The highest BCUT2D eigenvalue weighted by Crippen LogP contribution is 2.40. The predicted octanol–water partition coefficient (Wildman–Crippen LogP) is 3.94. The lowest BCUT2D eigenvalue weighted by atomic mass is 9.76. The second kappa shape index (κ2) is 5.51. The third-order valence-corrected chi connectivity index (χ3v) is 5.01. The second-order valence-corrected chi connectivity index (χ2v) is 6.53. The molecule has 0 bridgehead atoms. The first-order valence-electron chi connectivity index (χ1n) is 6.19. The molecule has 1 aromatic carbocycles. The summed E-state index contributed by atoms with van der Waals surface area (Å²) in [6, 6.07) is 9.20. The van der Waals surface area contributed by atoms with Gasteiger partial charge in [-0.1, -0.05) is 34.1 Å². The number of hydrogen-bond donors (Lipinski definition) is 1. The molecule has 0 spiro atoms. The van der Waals surface area contributed by atoms with Crippen molar-refractivity contribution < 1.29 is 0 Å². The highest BCUT2D eigenvalue weighted by Gasteiger charge is 2.30. The van der Waals surface area contributed by atoms with Gasteiger partial charge in [0.15, 0.2) is 0 Å². The molecule has 1 aliphatic carbocycles. The molecular weight excluding hydrogens is 308 g/mol. The Hall–Kier alpha value is -0.710. The van der Waals surface area contributed by atoms with E-state index < -0.39 is 0 Å². The van der Waals surface area contributed by atoms with Gasteiger partial charge >= 0.3 is 0 Å². The number of benzene rings is 1. The molecule has 4 heteroatoms. The Morgan fingerprint density at radius 1 is 1.33 bits per heavy atom. The summed E-state index contributed by atoms with van der Waals surface area (Å²) in [5, 5.41) is 6.78. The van der Waals surface area contributed by atoms with Gasteiger partial charge in [0.2, 0.25) is 0 Å². The lowest BCUT2D eigenvalue weighted by Crippen LogP contribution is -2.39. The summed E-state index contributed by atoms with van der Waals surface area (Å²) < 4.78 is 1.24. The maximum Gasteiger partial charge on any atom is 0.106 e. The van der Waals surface area contributed by atoms with E-state index in [-0.39, 0.29) is 0 Å². The Kier molecular flexibility index (Phi) is 3.77. The van der Waals surface area contributed by atoms with E-state index in [1.165, 1.54) is 27.9 Å². The van der Waals surface area contributed by atoms with Gasteiger partial charge in [-0.25, -0.2) is 4.98 Å². The molecule has 0 aliphatic heterocycles. The van der Waals surface area contributed by atoms with Gasteiger partial charge in [-0.05, 0) is 30.4 Å². The van der Waals surface area contributed by atoms with E-state index in [4.69, 9.17) is 0 Å². The first-order chi connectivity index (χ1) is 8.83. The SMILES string of the molecule is Brc1ccccc1C1CC(NCc2nccs2)C1. The van der Waals surface area contributed by atoms with Gasteiger partial charge in [0.05, 0.1) is 0 Å². The third kappa shape index (κ3) is 2.66. The van der Waals surface area contributed by atoms with Crippen LogP contribution in [0, 0.1) is 0 Å². The number of thiazole rings is 1. The number of rotatable bonds is 4. The van der Waals surface area contributed by atoms with Gasteiger partial charge in [0, 0.05) is 28.6 Å². The molecule has 1 N–H and O–H groups in total. The molecule has 0 unspecified atom stereocenters. The van der Waals surface area contributed by atoms with Gasteiger partial charge in [-0.2, -0.15) is 0 Å². The summed E-state index contributed by atoms with van der Waals surface area (Å²) in [5.74, 6) is 0.703. The zero-order chi connectivity index (χ0) is 12.4. The van der Waals surface area contributed by atoms with Crippen LogP contribution in [0.2, 0.25) is 0 Å². The molecule has 0 radical (unpaired) electrons. The van der Waals surface area contributed by atoms with Gasteiger partial charge in [0.25, 0.3) is 0 Å². The standard InChI is InChI=1S/C14H15BrN2S/c15-13-4-2-1-3-12(13)10-7-11(8-10)17-9-14-16-5-6-18-14/h1-6,10-11,17H,7-9H2. The van der Waals surface area contributed by atoms with E-state index in [0.29, 0.717) is 12.0 Å². The van der Waals surface area contributed by atoms with E-state index in [1.54, 1.807) is 11.3 Å². The maximum absolute atomic E-state index is 4.29. The molecule has 3 rings (SSSR count). The van der Waals surface area contributed by atoms with Crippen molar-refractivity contribution in [2.75, 3.05) is 0 Å². The summed E-state index contributed by atoms with van der Waals surface area (Å²) in [6.07, 6.45) is 4.33. The molecule has 2 nitrogen and oxygen atoms in total. The molecule has 94 valence electrons. The minimum Gasteiger partial charge on any atom is -0.308 e. The van der Waals surface area contributed by atoms with Crippen molar-refractivity contribution in [3.05, 3.63) is 50.9 Å². The molecule has 1 aliphatic rings. The highest BCUT2D eigenvalue weighted by atomic mass is 79.9. The Bertz CT molecular complexity index is 506. The Labute approximate surface area is 120 Å². The van der Waals surface area contributed by atoms with Crippen LogP contribution in [0.4, 0.5) is 0 Å². The normalized spacial score (nSPS) is 22.7. The first-order valence-corrected chi connectivity index (χ1v) is 7.86. The predicted molar refractivity (Wildman–Crippen MR) is 78.9 cm³/mol. The summed E-state index contributed by atoms with van der Waals surface area (Å²) in [7, 11) is 0. The van der Waals surface area contributed by atoms with Crippen molar-refractivity contribution in [2.45, 2.75) is 31.3 Å². The van der Waals surface area contributed by atoms with Gasteiger partial charge < -0.3 is 5.32 Å². The molecule has 18 heavy (non-hydrogen) atoms. The number of nitrogens with one attached hydrogen (secondary N) is 1. The van der Waals surface area contributed by atoms with E-state index in [9.17, 15) is 0 Å². The second-order valence-electron chi connectivity index (χ2n) is 4.69. The van der Waals surface area contributed by atoms with E-state index >= 15 is 0 Å². The molecule has 1 fully saturated rings. The van der Waals surface area contributed by atoms with Gasteiger partial charge in [-0.3, -0.25) is 0 Å². The first kappa shape index (κ1) is 12.3. The summed E-state index contributed by atoms with van der Waals surface area (Å²) in [4.78, 5) is 4.29. The zero-order valence-electron chi connectivity index (χ0n) is 9.97. The molecule has 0 amide bonds. The minimum atomic E-state index is 0.644. The molecule has 1 heterocycles. The summed E-state index contributed by atoms with van der Waals surface area (Å²) in [5.41, 5.74) is 1.45. The number of aromatic nitrogens is 1. The van der Waals surface area contributed by atoms with E-state index in [1.807, 2.05) is 11.6 Å². The quantitative estimate of drug-likeness (QED) is 0.922. The topological polar surface area (TPSA) is 24.9 Å². The van der Waals surface area contributed by atoms with Crippen molar-refractivity contribution in [3.8, 4) is 0 Å². The third-order valence-electron chi connectivity index (χ3n) is 3.51. The van der Waals surface area contributed by atoms with Crippen LogP contribution < -0.4 is 5.32 Å². The van der Waals surface area contributed by atoms with Crippen LogP contribution in [0.25, 0.3) is 0 Å². The number of nitrogens with zero attached hydrogens (tertiary/aromatic N) is 1. The van der Waals surface area contributed by atoms with Crippen LogP contribution in [-0.2, 0) is 6.54 Å². The van der Waals surface area contributed by atoms with Crippen molar-refractivity contribution >= 4 is 27.3 Å². The smallest absolute Gasteiger partial charge is 0.106 e. The Balaban J connectivity index is 1.50. The molecule has 0 saturated heterocycles. The lowest BCUT2D eigenvalue weighted by molar-refractivity contribution is 0.289. The number of halogens is 1. The molecule has 0 atom stereocenters. The van der Waals surface area contributed by atoms with Crippen LogP contribution >= 0.6 is 27.3 Å². The lowest BCUT2D eigenvalue weighted by Gasteiger charge is -2.36. The Morgan fingerprint density at radius 3 is 2.89 bits per heavy atom. The number of hydrogen-bond acceptors (Lipinski definition) is 3. The summed E-state index contributed by atoms with van der Waals surface area (Å²) >= 11 is 5.35. The Morgan fingerprint density at radius 2 is 2.17 bits per heavy atom. The van der Waals surface area contributed by atoms with E-state index in [0.717, 1.165) is 6.54 Å². The minimum absolute atomic E-state index is 0.644. The zero-order valence-corrected chi connectivity index (χ0v) is 12.4. The fourth-order valence-corrected chi connectivity index (χ4v) is 3.59. The maximum atomic E-state index is 4.29. The fourth-order valence-electron chi connectivity index (χ4n) is 2.42. The fraction of sp³-hybridized carbons (Fsp3) is 0.357. The van der Waals surface area contributed by atoms with Crippen molar-refractivity contribution in [1.29, 1.82) is 0 Å². The van der Waals surface area contributed by atoms with Crippen LogP contribution in [0.1, 0.15) is 29.3 Å². The monoisotopic (exact) mass is 322 g/mol. The average Bonchev–Trinajstić information content (AvgIpc) is 2.82. The van der Waals surface area contributed by atoms with Crippen LogP contribution in [0.5, 0.6) is 0 Å². The molecule has 2 aromatic rings. The van der Waals surface area contributed by atoms with E-state index in [2.05, 4.69) is 50.5 Å². The van der Waals surface area contributed by atoms with Crippen molar-refractivity contribution in [1.82, 2.24) is 10.3 Å². The van der Waals surface area contributed by atoms with Gasteiger partial charge in [0.1, 0.15) is 5.01 Å². The molecule has 1 aromatic heterocycles. The molecular formula is C14H15BrN2S. The molecule has 1 saturated carbocycles. The van der Waals surface area contributed by atoms with Crippen LogP contribution in [0.3, 0.4) is 0 Å². The van der Waals surface area contributed by atoms with Crippen LogP contribution in [0.15, 0.2) is 40.3 Å².